The van der Waals surface area contributed by atoms with Crippen molar-refractivity contribution in [3.63, 3.8) is 0 Å². The molecule has 1 N–H and O–H groups in total. The summed E-state index contributed by atoms with van der Waals surface area (Å²) in [5.41, 5.74) is 0.752. The van der Waals surface area contributed by atoms with Crippen molar-refractivity contribution in [2.24, 2.45) is 5.92 Å². The maximum absolute atomic E-state index is 10.5. The summed E-state index contributed by atoms with van der Waals surface area (Å²) in [7, 11) is 0. The third-order valence-corrected chi connectivity index (χ3v) is 2.59. The topological polar surface area (TPSA) is 46.5 Å². The van der Waals surface area contributed by atoms with E-state index >= 15 is 0 Å². The molecule has 0 bridgehead atoms. The average molecular weight is 299 g/mol. The minimum atomic E-state index is -0.972. The Bertz CT molecular complexity index is 425. The predicted molar refractivity (Wildman–Crippen MR) is 71.1 cm³/mol. The Kier molecular flexibility index (Phi) is 5.22. The molecule has 3 nitrogen and oxygen atoms in total. The molecule has 0 saturated carbocycles. The zero-order chi connectivity index (χ0) is 12.8. The number of carboxylic acid groups (broad SMARTS) is 1. The van der Waals surface area contributed by atoms with Crippen molar-refractivity contribution in [2.45, 2.75) is 13.8 Å². The Labute approximate surface area is 109 Å². The van der Waals surface area contributed by atoms with Crippen LogP contribution in [-0.4, -0.2) is 17.7 Å². The van der Waals surface area contributed by atoms with Gasteiger partial charge in [0.15, 0.2) is 0 Å². The van der Waals surface area contributed by atoms with Crippen molar-refractivity contribution in [3.05, 3.63) is 34.3 Å². The van der Waals surface area contributed by atoms with E-state index < -0.39 is 5.97 Å². The Morgan fingerprint density at radius 2 is 2.24 bits per heavy atom. The second-order valence-corrected chi connectivity index (χ2v) is 4.89. The number of hydrogen-bond acceptors (Lipinski definition) is 2. The summed E-state index contributed by atoms with van der Waals surface area (Å²) in [6.45, 7) is 4.71. The third-order valence-electron chi connectivity index (χ3n) is 1.96. The molecule has 0 aliphatic heterocycles. The molecule has 1 aromatic carbocycles. The summed E-state index contributed by atoms with van der Waals surface area (Å²) in [5.74, 6) is 0.122. The van der Waals surface area contributed by atoms with Crippen LogP contribution in [0, 0.1) is 5.92 Å². The number of carbonyl (C=O) groups is 1. The second kappa shape index (κ2) is 6.45. The number of ether oxygens (including phenoxy) is 1. The van der Waals surface area contributed by atoms with E-state index in [2.05, 4.69) is 29.8 Å². The van der Waals surface area contributed by atoms with Gasteiger partial charge in [0, 0.05) is 11.6 Å². The summed E-state index contributed by atoms with van der Waals surface area (Å²) >= 11 is 3.40. The molecule has 0 spiro atoms. The maximum atomic E-state index is 10.5. The monoisotopic (exact) mass is 298 g/mol. The van der Waals surface area contributed by atoms with Gasteiger partial charge in [-0.3, -0.25) is 0 Å². The number of rotatable bonds is 5. The van der Waals surface area contributed by atoms with Crippen LogP contribution in [-0.2, 0) is 4.79 Å². The fourth-order valence-electron chi connectivity index (χ4n) is 1.22. The van der Waals surface area contributed by atoms with Crippen molar-refractivity contribution >= 4 is 28.0 Å². The van der Waals surface area contributed by atoms with E-state index in [4.69, 9.17) is 9.84 Å². The van der Waals surface area contributed by atoms with Gasteiger partial charge in [-0.2, -0.15) is 0 Å². The molecule has 0 heterocycles. The van der Waals surface area contributed by atoms with Crippen LogP contribution in [0.4, 0.5) is 0 Å². The summed E-state index contributed by atoms with van der Waals surface area (Å²) in [6.07, 6.45) is 2.63. The van der Waals surface area contributed by atoms with Crippen molar-refractivity contribution in [3.8, 4) is 5.75 Å². The Morgan fingerprint density at radius 3 is 2.82 bits per heavy atom. The molecule has 0 aliphatic rings. The minimum absolute atomic E-state index is 0.415. The molecule has 0 fully saturated rings. The van der Waals surface area contributed by atoms with Gasteiger partial charge >= 0.3 is 5.97 Å². The van der Waals surface area contributed by atoms with Crippen LogP contribution in [0.25, 0.3) is 6.08 Å². The van der Waals surface area contributed by atoms with Gasteiger partial charge in [0.1, 0.15) is 5.75 Å². The van der Waals surface area contributed by atoms with Gasteiger partial charge in [0.25, 0.3) is 0 Å². The van der Waals surface area contributed by atoms with E-state index in [1.54, 1.807) is 0 Å². The average Bonchev–Trinajstić information content (AvgIpc) is 2.24. The smallest absolute Gasteiger partial charge is 0.328 e. The van der Waals surface area contributed by atoms with E-state index in [0.717, 1.165) is 16.1 Å². The predicted octanol–water partition coefficient (Wildman–Crippen LogP) is 3.58. The highest BCUT2D eigenvalue weighted by Gasteiger charge is 2.07. The fourth-order valence-corrected chi connectivity index (χ4v) is 1.72. The number of benzene rings is 1. The first-order valence-corrected chi connectivity index (χ1v) is 6.12. The van der Waals surface area contributed by atoms with Gasteiger partial charge < -0.3 is 9.84 Å². The highest BCUT2D eigenvalue weighted by molar-refractivity contribution is 9.10. The Balaban J connectivity index is 2.95. The van der Waals surface area contributed by atoms with E-state index in [0.29, 0.717) is 18.3 Å². The van der Waals surface area contributed by atoms with Crippen LogP contribution in [0.3, 0.4) is 0 Å². The Hall–Kier alpha value is -1.29. The number of halogens is 1. The summed E-state index contributed by atoms with van der Waals surface area (Å²) in [5, 5.41) is 8.61. The molecule has 1 rings (SSSR count). The summed E-state index contributed by atoms with van der Waals surface area (Å²) < 4.78 is 6.50. The van der Waals surface area contributed by atoms with Crippen molar-refractivity contribution in [2.75, 3.05) is 6.61 Å². The van der Waals surface area contributed by atoms with Crippen LogP contribution < -0.4 is 4.74 Å². The largest absolute Gasteiger partial charge is 0.492 e. The standard InChI is InChI=1S/C13H15BrO3/c1-9(2)8-17-13-10(6-7-12(15)16)4-3-5-11(13)14/h3-7,9H,8H2,1-2H3,(H,15,16). The quantitative estimate of drug-likeness (QED) is 0.845. The van der Waals surface area contributed by atoms with Crippen molar-refractivity contribution in [1.29, 1.82) is 0 Å². The molecule has 0 atom stereocenters. The molecule has 4 heteroatoms. The minimum Gasteiger partial charge on any atom is -0.492 e. The van der Waals surface area contributed by atoms with E-state index in [9.17, 15) is 4.79 Å². The van der Waals surface area contributed by atoms with Gasteiger partial charge in [0.05, 0.1) is 11.1 Å². The molecule has 0 amide bonds. The van der Waals surface area contributed by atoms with E-state index in [1.165, 1.54) is 6.08 Å². The second-order valence-electron chi connectivity index (χ2n) is 4.03. The molecule has 0 aromatic heterocycles. The zero-order valence-electron chi connectivity index (χ0n) is 9.81. The molecule has 0 radical (unpaired) electrons. The number of para-hydroxylation sites is 1. The van der Waals surface area contributed by atoms with E-state index in [1.807, 2.05) is 18.2 Å². The fraction of sp³-hybridized carbons (Fsp3) is 0.308. The summed E-state index contributed by atoms with van der Waals surface area (Å²) in [6, 6.07) is 5.53. The third kappa shape index (κ3) is 4.61. The van der Waals surface area contributed by atoms with Gasteiger partial charge in [-0.25, -0.2) is 4.79 Å². The molecule has 1 aromatic rings. The van der Waals surface area contributed by atoms with Crippen molar-refractivity contribution in [1.82, 2.24) is 0 Å². The van der Waals surface area contributed by atoms with Crippen molar-refractivity contribution < 1.29 is 14.6 Å². The molecule has 92 valence electrons. The highest BCUT2D eigenvalue weighted by Crippen LogP contribution is 2.30. The SMILES string of the molecule is CC(C)COc1c(Br)cccc1C=CC(=O)O. The van der Waals surface area contributed by atoms with Crippen LogP contribution in [0.5, 0.6) is 5.75 Å². The molecule has 17 heavy (non-hydrogen) atoms. The van der Waals surface area contributed by atoms with Crippen LogP contribution in [0.15, 0.2) is 28.7 Å². The number of aliphatic carboxylic acids is 1. The molecule has 0 unspecified atom stereocenters. The lowest BCUT2D eigenvalue weighted by Crippen LogP contribution is -2.06. The molecule has 0 saturated heterocycles. The lowest BCUT2D eigenvalue weighted by Gasteiger charge is -2.12. The van der Waals surface area contributed by atoms with Gasteiger partial charge in [0.2, 0.25) is 0 Å². The molecule has 0 aliphatic carbocycles. The maximum Gasteiger partial charge on any atom is 0.328 e. The lowest BCUT2D eigenvalue weighted by molar-refractivity contribution is -0.131. The van der Waals surface area contributed by atoms with Gasteiger partial charge in [-0.15, -0.1) is 0 Å². The first kappa shape index (κ1) is 13.8. The van der Waals surface area contributed by atoms with Gasteiger partial charge in [-0.05, 0) is 34.0 Å². The highest BCUT2D eigenvalue weighted by atomic mass is 79.9. The van der Waals surface area contributed by atoms with Crippen LogP contribution >= 0.6 is 15.9 Å². The van der Waals surface area contributed by atoms with E-state index in [-0.39, 0.29) is 0 Å². The molecular formula is C13H15BrO3. The first-order valence-electron chi connectivity index (χ1n) is 5.33. The van der Waals surface area contributed by atoms with Gasteiger partial charge in [-0.1, -0.05) is 26.0 Å². The lowest BCUT2D eigenvalue weighted by atomic mass is 10.2. The van der Waals surface area contributed by atoms with Crippen LogP contribution in [0.2, 0.25) is 0 Å². The molecular weight excluding hydrogens is 284 g/mol. The number of carboxylic acids is 1. The zero-order valence-corrected chi connectivity index (χ0v) is 11.4. The van der Waals surface area contributed by atoms with Crippen LogP contribution in [0.1, 0.15) is 19.4 Å². The normalized spacial score (nSPS) is 11.1. The Morgan fingerprint density at radius 1 is 1.53 bits per heavy atom. The first-order chi connectivity index (χ1) is 8.00. The number of hydrogen-bond donors (Lipinski definition) is 1. The summed E-state index contributed by atoms with van der Waals surface area (Å²) in [4.78, 5) is 10.5.